The third kappa shape index (κ3) is 3.65. The van der Waals surface area contributed by atoms with Crippen molar-refractivity contribution in [1.82, 2.24) is 4.98 Å². The topological polar surface area (TPSA) is 85.5 Å². The second kappa shape index (κ2) is 7.02. The lowest BCUT2D eigenvalue weighted by molar-refractivity contribution is -0.212. The molecule has 1 aliphatic heterocycles. The largest absolute Gasteiger partial charge is 0.491 e. The Bertz CT molecular complexity index is 953. The van der Waals surface area contributed by atoms with E-state index in [0.717, 1.165) is 11.0 Å². The highest BCUT2D eigenvalue weighted by Gasteiger charge is 2.53. The molecule has 1 fully saturated rings. The Balaban J connectivity index is 1.86. The number of amides is 1. The molecule has 1 aromatic carbocycles. The summed E-state index contributed by atoms with van der Waals surface area (Å²) >= 11 is 6.02. The fourth-order valence-electron chi connectivity index (χ4n) is 2.77. The summed E-state index contributed by atoms with van der Waals surface area (Å²) in [4.78, 5) is 28.1. The van der Waals surface area contributed by atoms with Gasteiger partial charge in [0.1, 0.15) is 5.82 Å². The average Bonchev–Trinajstić information content (AvgIpc) is 2.89. The number of hydrogen-bond acceptors (Lipinski definition) is 5. The molecule has 1 atom stereocenters. The van der Waals surface area contributed by atoms with Gasteiger partial charge in [-0.15, -0.1) is 0 Å². The monoisotopic (exact) mass is 417 g/mol. The van der Waals surface area contributed by atoms with Crippen molar-refractivity contribution >= 4 is 29.2 Å². The van der Waals surface area contributed by atoms with Crippen LogP contribution in [-0.2, 0) is 14.3 Å². The molecule has 0 aliphatic carbocycles. The molecule has 1 saturated heterocycles. The van der Waals surface area contributed by atoms with Gasteiger partial charge in [0.2, 0.25) is 5.72 Å². The van der Waals surface area contributed by atoms with Crippen LogP contribution in [0.5, 0.6) is 0 Å². The average molecular weight is 418 g/mol. The zero-order valence-electron chi connectivity index (χ0n) is 14.0. The van der Waals surface area contributed by atoms with E-state index in [4.69, 9.17) is 17.3 Å². The number of ether oxygens (including phenoxy) is 1. The van der Waals surface area contributed by atoms with Crippen molar-refractivity contribution in [3.63, 3.8) is 0 Å². The molecule has 1 aliphatic rings. The lowest BCUT2D eigenvalue weighted by atomic mass is 10.1. The Hall–Kier alpha value is -2.72. The van der Waals surface area contributed by atoms with Gasteiger partial charge in [0.05, 0.1) is 10.7 Å². The van der Waals surface area contributed by atoms with Crippen LogP contribution in [0.1, 0.15) is 6.42 Å². The number of esters is 1. The van der Waals surface area contributed by atoms with Gasteiger partial charge in [-0.3, -0.25) is 15.5 Å². The first kappa shape index (κ1) is 20.0. The molecular weight excluding hydrogens is 406 g/mol. The van der Waals surface area contributed by atoms with Gasteiger partial charge in [0, 0.05) is 30.9 Å². The Morgan fingerprint density at radius 3 is 2.64 bits per heavy atom. The zero-order valence-corrected chi connectivity index (χ0v) is 14.7. The number of nitrogens with two attached hydrogens (primary N) is 1. The van der Waals surface area contributed by atoms with Gasteiger partial charge >= 0.3 is 12.1 Å². The molecule has 2 heterocycles. The standard InChI is InChI=1S/C17H12ClF4N3O3/c18-11-8-24-5-3-10(11)9-1-2-13(12(19)7-9)25-6-4-16(23,14(25)26)28-15(27)17(20,21)22/h1-3,5,7-8H,4,6,23H2/t16-/m0/s1. The number of hydrogen-bond donors (Lipinski definition) is 1. The summed E-state index contributed by atoms with van der Waals surface area (Å²) in [6.07, 6.45) is -2.89. The van der Waals surface area contributed by atoms with Gasteiger partial charge in [-0.1, -0.05) is 17.7 Å². The summed E-state index contributed by atoms with van der Waals surface area (Å²) in [6.45, 7) is -0.229. The summed E-state index contributed by atoms with van der Waals surface area (Å²) in [5.74, 6) is -4.57. The maximum atomic E-state index is 14.6. The molecule has 2 N–H and O–H groups in total. The van der Waals surface area contributed by atoms with Crippen LogP contribution in [-0.4, -0.2) is 35.3 Å². The summed E-state index contributed by atoms with van der Waals surface area (Å²) in [6, 6.07) is 5.42. The molecule has 0 unspecified atom stereocenters. The second-order valence-electron chi connectivity index (χ2n) is 6.01. The van der Waals surface area contributed by atoms with Gasteiger partial charge in [0.15, 0.2) is 0 Å². The number of carbonyl (C=O) groups is 2. The van der Waals surface area contributed by atoms with E-state index < -0.39 is 36.0 Å². The van der Waals surface area contributed by atoms with E-state index in [1.165, 1.54) is 24.5 Å². The minimum absolute atomic E-state index is 0.214. The van der Waals surface area contributed by atoms with Crippen molar-refractivity contribution in [3.05, 3.63) is 47.5 Å². The molecule has 0 bridgehead atoms. The van der Waals surface area contributed by atoms with Gasteiger partial charge < -0.3 is 9.64 Å². The van der Waals surface area contributed by atoms with Crippen LogP contribution >= 0.6 is 11.6 Å². The second-order valence-corrected chi connectivity index (χ2v) is 6.41. The van der Waals surface area contributed by atoms with E-state index in [1.807, 2.05) is 0 Å². The van der Waals surface area contributed by atoms with Crippen LogP contribution in [0.15, 0.2) is 36.7 Å². The smallest absolute Gasteiger partial charge is 0.428 e. The summed E-state index contributed by atoms with van der Waals surface area (Å²) < 4.78 is 55.9. The Kier molecular flexibility index (Phi) is 5.02. The number of pyridine rings is 1. The van der Waals surface area contributed by atoms with Crippen molar-refractivity contribution in [3.8, 4) is 11.1 Å². The number of alkyl halides is 3. The van der Waals surface area contributed by atoms with Crippen molar-refractivity contribution < 1.29 is 31.9 Å². The molecule has 148 valence electrons. The van der Waals surface area contributed by atoms with E-state index in [-0.39, 0.29) is 17.3 Å². The van der Waals surface area contributed by atoms with Crippen LogP contribution < -0.4 is 10.6 Å². The van der Waals surface area contributed by atoms with Crippen LogP contribution in [0.4, 0.5) is 23.2 Å². The molecule has 6 nitrogen and oxygen atoms in total. The molecule has 1 amide bonds. The SMILES string of the molecule is N[C@]1(OC(=O)C(F)(F)F)CCN(c2ccc(-c3ccncc3Cl)cc2F)C1=O. The highest BCUT2D eigenvalue weighted by molar-refractivity contribution is 6.33. The van der Waals surface area contributed by atoms with Crippen molar-refractivity contribution in [2.24, 2.45) is 5.73 Å². The fourth-order valence-corrected chi connectivity index (χ4v) is 2.99. The van der Waals surface area contributed by atoms with Crippen molar-refractivity contribution in [1.29, 1.82) is 0 Å². The highest BCUT2D eigenvalue weighted by atomic mass is 35.5. The van der Waals surface area contributed by atoms with E-state index >= 15 is 0 Å². The maximum Gasteiger partial charge on any atom is 0.491 e. The summed E-state index contributed by atoms with van der Waals surface area (Å²) in [5, 5.41) is 0.284. The first-order chi connectivity index (χ1) is 13.0. The summed E-state index contributed by atoms with van der Waals surface area (Å²) in [5.41, 5.74) is 3.71. The van der Waals surface area contributed by atoms with Crippen molar-refractivity contribution in [2.75, 3.05) is 11.4 Å². The Morgan fingerprint density at radius 2 is 2.04 bits per heavy atom. The molecule has 0 radical (unpaired) electrons. The van der Waals surface area contributed by atoms with E-state index in [0.29, 0.717) is 11.1 Å². The van der Waals surface area contributed by atoms with Crippen LogP contribution in [0.3, 0.4) is 0 Å². The molecule has 2 aromatic rings. The molecule has 0 saturated carbocycles. The normalized spacial score (nSPS) is 19.8. The summed E-state index contributed by atoms with van der Waals surface area (Å²) in [7, 11) is 0. The minimum atomic E-state index is -5.31. The first-order valence-corrected chi connectivity index (χ1v) is 8.21. The van der Waals surface area contributed by atoms with Crippen LogP contribution in [0.2, 0.25) is 5.02 Å². The number of rotatable bonds is 3. The maximum absolute atomic E-state index is 14.6. The highest BCUT2D eigenvalue weighted by Crippen LogP contribution is 2.34. The number of aromatic nitrogens is 1. The number of carbonyl (C=O) groups excluding carboxylic acids is 2. The Morgan fingerprint density at radius 1 is 1.32 bits per heavy atom. The molecule has 3 rings (SSSR count). The van der Waals surface area contributed by atoms with E-state index in [1.54, 1.807) is 6.07 Å². The third-order valence-electron chi connectivity index (χ3n) is 4.14. The number of anilines is 1. The third-order valence-corrected chi connectivity index (χ3v) is 4.44. The van der Waals surface area contributed by atoms with Gasteiger partial charge in [-0.25, -0.2) is 9.18 Å². The number of halogens is 5. The number of benzene rings is 1. The quantitative estimate of drug-likeness (QED) is 0.471. The zero-order chi connectivity index (χ0) is 20.7. The fraction of sp³-hybridized carbons (Fsp3) is 0.235. The van der Waals surface area contributed by atoms with Gasteiger partial charge in [-0.05, 0) is 23.8 Å². The van der Waals surface area contributed by atoms with Crippen molar-refractivity contribution in [2.45, 2.75) is 18.3 Å². The van der Waals surface area contributed by atoms with Gasteiger partial charge in [-0.2, -0.15) is 13.2 Å². The molecule has 11 heteroatoms. The van der Waals surface area contributed by atoms with Crippen LogP contribution in [0.25, 0.3) is 11.1 Å². The number of nitrogens with zero attached hydrogens (tertiary/aromatic N) is 2. The first-order valence-electron chi connectivity index (χ1n) is 7.83. The minimum Gasteiger partial charge on any atom is -0.428 e. The van der Waals surface area contributed by atoms with E-state index in [2.05, 4.69) is 9.72 Å². The predicted molar refractivity (Wildman–Crippen MR) is 90.7 cm³/mol. The molecule has 28 heavy (non-hydrogen) atoms. The van der Waals surface area contributed by atoms with Crippen LogP contribution in [0, 0.1) is 5.82 Å². The van der Waals surface area contributed by atoms with E-state index in [9.17, 15) is 27.2 Å². The lowest BCUT2D eigenvalue weighted by Crippen LogP contribution is -2.53. The Labute approximate surface area is 160 Å². The molecule has 0 spiro atoms. The molecule has 1 aromatic heterocycles. The predicted octanol–water partition coefficient (Wildman–Crippen LogP) is 3.04. The van der Waals surface area contributed by atoms with Gasteiger partial charge in [0.25, 0.3) is 5.91 Å². The lowest BCUT2D eigenvalue weighted by Gasteiger charge is -2.24. The molecular formula is C17H12ClF4N3O3.